The molecule has 0 spiro atoms. The molecule has 114 valence electrons. The second-order valence-corrected chi connectivity index (χ2v) is 5.12. The number of phenolic OH excluding ortho intramolecular Hbond substituents is 1. The van der Waals surface area contributed by atoms with Crippen LogP contribution in [0.2, 0.25) is 0 Å². The van der Waals surface area contributed by atoms with Gasteiger partial charge < -0.3 is 20.4 Å². The molecule has 1 heterocycles. The lowest BCUT2D eigenvalue weighted by atomic mass is 10.1. The van der Waals surface area contributed by atoms with Gasteiger partial charge in [-0.15, -0.1) is 0 Å². The third-order valence-corrected chi connectivity index (χ3v) is 3.68. The molecule has 1 aromatic carbocycles. The fraction of sp³-hybridized carbons (Fsp3) is 0.429. The standard InChI is InChI=1S/C14H19N3O4/c1-16-6-7-17(14(20)21)9-11(16)8-15-13(19)10-2-4-12(18)5-3-10/h2-5,11,18H,6-9H2,1H3,(H,15,19)(H,20,21). The maximum absolute atomic E-state index is 12.0. The van der Waals surface area contributed by atoms with Crippen LogP contribution in [0, 0.1) is 0 Å². The van der Waals surface area contributed by atoms with E-state index in [9.17, 15) is 14.7 Å². The quantitative estimate of drug-likeness (QED) is 0.751. The van der Waals surface area contributed by atoms with Crippen LogP contribution < -0.4 is 5.32 Å². The van der Waals surface area contributed by atoms with E-state index in [0.717, 1.165) is 0 Å². The van der Waals surface area contributed by atoms with E-state index < -0.39 is 6.09 Å². The largest absolute Gasteiger partial charge is 0.508 e. The van der Waals surface area contributed by atoms with Crippen molar-refractivity contribution in [3.05, 3.63) is 29.8 Å². The van der Waals surface area contributed by atoms with E-state index in [-0.39, 0.29) is 17.7 Å². The number of amides is 2. The zero-order valence-electron chi connectivity index (χ0n) is 11.8. The number of hydrogen-bond acceptors (Lipinski definition) is 4. The predicted octanol–water partition coefficient (Wildman–Crippen LogP) is 0.416. The number of carbonyl (C=O) groups excluding carboxylic acids is 1. The number of piperazine rings is 1. The van der Waals surface area contributed by atoms with Crippen LogP contribution in [0.1, 0.15) is 10.4 Å². The van der Waals surface area contributed by atoms with Crippen molar-refractivity contribution in [3.63, 3.8) is 0 Å². The molecule has 3 N–H and O–H groups in total. The van der Waals surface area contributed by atoms with Gasteiger partial charge in [-0.3, -0.25) is 9.69 Å². The normalized spacial score (nSPS) is 19.3. The zero-order chi connectivity index (χ0) is 15.4. The summed E-state index contributed by atoms with van der Waals surface area (Å²) >= 11 is 0. The Morgan fingerprint density at radius 3 is 2.57 bits per heavy atom. The summed E-state index contributed by atoms with van der Waals surface area (Å²) in [6.07, 6.45) is -0.932. The number of hydrogen-bond donors (Lipinski definition) is 3. The number of nitrogens with zero attached hydrogens (tertiary/aromatic N) is 2. The van der Waals surface area contributed by atoms with E-state index in [1.165, 1.54) is 17.0 Å². The molecule has 0 bridgehead atoms. The van der Waals surface area contributed by atoms with Crippen LogP contribution in [-0.2, 0) is 0 Å². The Bertz CT molecular complexity index is 517. The summed E-state index contributed by atoms with van der Waals surface area (Å²) in [5, 5.41) is 21.0. The minimum Gasteiger partial charge on any atom is -0.508 e. The highest BCUT2D eigenvalue weighted by Gasteiger charge is 2.27. The average molecular weight is 293 g/mol. The lowest BCUT2D eigenvalue weighted by molar-refractivity contribution is 0.0781. The Hall–Kier alpha value is -2.28. The molecule has 7 nitrogen and oxygen atoms in total. The Kier molecular flexibility index (Phi) is 4.64. The number of nitrogens with one attached hydrogen (secondary N) is 1. The molecule has 1 atom stereocenters. The van der Waals surface area contributed by atoms with Gasteiger partial charge in [-0.05, 0) is 31.3 Å². The lowest BCUT2D eigenvalue weighted by Gasteiger charge is -2.38. The number of likely N-dealkylation sites (N-methyl/N-ethyl adjacent to an activating group) is 1. The highest BCUT2D eigenvalue weighted by atomic mass is 16.4. The molecule has 1 unspecified atom stereocenters. The summed E-state index contributed by atoms with van der Waals surface area (Å²) in [5.74, 6) is -0.133. The summed E-state index contributed by atoms with van der Waals surface area (Å²) in [6.45, 7) is 1.88. The van der Waals surface area contributed by atoms with Gasteiger partial charge >= 0.3 is 6.09 Å². The Morgan fingerprint density at radius 1 is 1.29 bits per heavy atom. The van der Waals surface area contributed by atoms with Crippen LogP contribution in [0.5, 0.6) is 5.75 Å². The van der Waals surface area contributed by atoms with Gasteiger partial charge in [0.2, 0.25) is 0 Å². The van der Waals surface area contributed by atoms with Crippen molar-refractivity contribution in [1.82, 2.24) is 15.1 Å². The van der Waals surface area contributed by atoms with Crippen LogP contribution in [0.25, 0.3) is 0 Å². The molecule has 0 radical (unpaired) electrons. The summed E-state index contributed by atoms with van der Waals surface area (Å²) < 4.78 is 0. The second kappa shape index (κ2) is 6.45. The topological polar surface area (TPSA) is 93.1 Å². The predicted molar refractivity (Wildman–Crippen MR) is 76.5 cm³/mol. The molecule has 2 amide bonds. The van der Waals surface area contributed by atoms with E-state index in [2.05, 4.69) is 5.32 Å². The molecule has 0 aromatic heterocycles. The van der Waals surface area contributed by atoms with Crippen molar-refractivity contribution in [2.75, 3.05) is 33.2 Å². The van der Waals surface area contributed by atoms with Crippen LogP contribution in [-0.4, -0.2) is 71.3 Å². The van der Waals surface area contributed by atoms with Gasteiger partial charge in [0.05, 0.1) is 0 Å². The highest BCUT2D eigenvalue weighted by molar-refractivity contribution is 5.94. The summed E-state index contributed by atoms with van der Waals surface area (Å²) in [7, 11) is 1.91. The number of phenols is 1. The zero-order valence-corrected chi connectivity index (χ0v) is 11.8. The number of rotatable bonds is 3. The molecule has 1 fully saturated rings. The van der Waals surface area contributed by atoms with E-state index in [4.69, 9.17) is 5.11 Å². The first-order chi connectivity index (χ1) is 9.97. The van der Waals surface area contributed by atoms with Crippen LogP contribution in [0.15, 0.2) is 24.3 Å². The number of benzene rings is 1. The maximum atomic E-state index is 12.0. The van der Waals surface area contributed by atoms with E-state index >= 15 is 0 Å². The summed E-state index contributed by atoms with van der Waals surface area (Å²) in [4.78, 5) is 26.4. The van der Waals surface area contributed by atoms with Crippen molar-refractivity contribution in [3.8, 4) is 5.75 Å². The number of carbonyl (C=O) groups is 2. The first-order valence-corrected chi connectivity index (χ1v) is 6.72. The van der Waals surface area contributed by atoms with Gasteiger partial charge in [-0.2, -0.15) is 0 Å². The van der Waals surface area contributed by atoms with Gasteiger partial charge in [0.1, 0.15) is 5.75 Å². The van der Waals surface area contributed by atoms with Gasteiger partial charge in [-0.1, -0.05) is 0 Å². The lowest BCUT2D eigenvalue weighted by Crippen LogP contribution is -2.56. The molecular weight excluding hydrogens is 274 g/mol. The Balaban J connectivity index is 1.90. The van der Waals surface area contributed by atoms with Gasteiger partial charge in [0, 0.05) is 37.8 Å². The molecule has 0 saturated carbocycles. The van der Waals surface area contributed by atoms with Crippen LogP contribution in [0.4, 0.5) is 4.79 Å². The third kappa shape index (κ3) is 3.85. The summed E-state index contributed by atoms with van der Waals surface area (Å²) in [5.41, 5.74) is 0.460. The number of carboxylic acid groups (broad SMARTS) is 1. The highest BCUT2D eigenvalue weighted by Crippen LogP contribution is 2.10. The van der Waals surface area contributed by atoms with Crippen LogP contribution >= 0.6 is 0 Å². The molecule has 1 aliphatic rings. The Labute approximate surface area is 122 Å². The minimum atomic E-state index is -0.932. The van der Waals surface area contributed by atoms with Gasteiger partial charge in [0.25, 0.3) is 5.91 Å². The first kappa shape index (κ1) is 15.1. The molecular formula is C14H19N3O4. The third-order valence-electron chi connectivity index (χ3n) is 3.68. The maximum Gasteiger partial charge on any atom is 0.407 e. The van der Waals surface area contributed by atoms with E-state index in [0.29, 0.717) is 31.7 Å². The molecule has 1 aromatic rings. The minimum absolute atomic E-state index is 0.0454. The van der Waals surface area contributed by atoms with Gasteiger partial charge in [-0.25, -0.2) is 4.79 Å². The molecule has 7 heteroatoms. The van der Waals surface area contributed by atoms with E-state index in [1.54, 1.807) is 12.1 Å². The average Bonchev–Trinajstić information content (AvgIpc) is 2.46. The van der Waals surface area contributed by atoms with Crippen molar-refractivity contribution in [2.24, 2.45) is 0 Å². The fourth-order valence-corrected chi connectivity index (χ4v) is 2.27. The van der Waals surface area contributed by atoms with Crippen molar-refractivity contribution in [1.29, 1.82) is 0 Å². The first-order valence-electron chi connectivity index (χ1n) is 6.72. The molecule has 1 aliphatic heterocycles. The van der Waals surface area contributed by atoms with Gasteiger partial charge in [0.15, 0.2) is 0 Å². The molecule has 0 aliphatic carbocycles. The smallest absolute Gasteiger partial charge is 0.407 e. The van der Waals surface area contributed by atoms with Crippen molar-refractivity contribution in [2.45, 2.75) is 6.04 Å². The SMILES string of the molecule is CN1CCN(C(=O)O)CC1CNC(=O)c1ccc(O)cc1. The van der Waals surface area contributed by atoms with Crippen molar-refractivity contribution < 1.29 is 19.8 Å². The van der Waals surface area contributed by atoms with Crippen molar-refractivity contribution >= 4 is 12.0 Å². The monoisotopic (exact) mass is 293 g/mol. The fourth-order valence-electron chi connectivity index (χ4n) is 2.27. The molecule has 2 rings (SSSR count). The second-order valence-electron chi connectivity index (χ2n) is 5.12. The number of aromatic hydroxyl groups is 1. The Morgan fingerprint density at radius 2 is 1.95 bits per heavy atom. The molecule has 21 heavy (non-hydrogen) atoms. The molecule has 1 saturated heterocycles. The van der Waals surface area contributed by atoms with E-state index in [1.807, 2.05) is 11.9 Å². The summed E-state index contributed by atoms with van der Waals surface area (Å²) in [6, 6.07) is 5.94. The van der Waals surface area contributed by atoms with Crippen LogP contribution in [0.3, 0.4) is 0 Å².